The topological polar surface area (TPSA) is 81.1 Å². The molecule has 2 aliphatic rings. The maximum absolute atomic E-state index is 13.1. The van der Waals surface area contributed by atoms with E-state index in [1.165, 1.54) is 11.1 Å². The Morgan fingerprint density at radius 2 is 1.72 bits per heavy atom. The SMILES string of the molecule is CC(=O)N1CCN(C2CN(C(=O)N[C@H](C)c3ccc(C(F)(F)F)nc3)N=C2c2ccc(C)cc2)CC1. The summed E-state index contributed by atoms with van der Waals surface area (Å²) in [6.07, 6.45) is -3.40. The minimum Gasteiger partial charge on any atom is -0.340 e. The number of piperazine rings is 1. The van der Waals surface area contributed by atoms with Crippen LogP contribution in [0.5, 0.6) is 0 Å². The summed E-state index contributed by atoms with van der Waals surface area (Å²) in [7, 11) is 0. The molecule has 0 aliphatic carbocycles. The van der Waals surface area contributed by atoms with Crippen molar-refractivity contribution in [3.8, 4) is 0 Å². The minimum absolute atomic E-state index is 0.0428. The lowest BCUT2D eigenvalue weighted by Gasteiger charge is -2.37. The third kappa shape index (κ3) is 5.67. The molecule has 2 atom stereocenters. The summed E-state index contributed by atoms with van der Waals surface area (Å²) in [5.41, 5.74) is 2.26. The largest absolute Gasteiger partial charge is 0.433 e. The predicted octanol–water partition coefficient (Wildman–Crippen LogP) is 3.43. The molecule has 0 spiro atoms. The van der Waals surface area contributed by atoms with Gasteiger partial charge in [-0.25, -0.2) is 9.80 Å². The van der Waals surface area contributed by atoms with Crippen molar-refractivity contribution >= 4 is 17.6 Å². The maximum atomic E-state index is 13.1. The molecule has 0 radical (unpaired) electrons. The van der Waals surface area contributed by atoms with E-state index in [0.29, 0.717) is 38.3 Å². The van der Waals surface area contributed by atoms with Crippen molar-refractivity contribution in [1.29, 1.82) is 0 Å². The molecule has 1 saturated heterocycles. The molecule has 192 valence electrons. The Morgan fingerprint density at radius 1 is 1.06 bits per heavy atom. The Morgan fingerprint density at radius 3 is 2.28 bits per heavy atom. The highest BCUT2D eigenvalue weighted by Crippen LogP contribution is 2.28. The number of hydrazone groups is 1. The first-order chi connectivity index (χ1) is 17.0. The van der Waals surface area contributed by atoms with Gasteiger partial charge in [0, 0.05) is 39.3 Å². The Hall–Kier alpha value is -3.47. The zero-order chi connectivity index (χ0) is 26.0. The Balaban J connectivity index is 1.49. The van der Waals surface area contributed by atoms with Crippen LogP contribution in [0.4, 0.5) is 18.0 Å². The maximum Gasteiger partial charge on any atom is 0.433 e. The number of hydrogen-bond acceptors (Lipinski definition) is 5. The summed E-state index contributed by atoms with van der Waals surface area (Å²) < 4.78 is 38.4. The van der Waals surface area contributed by atoms with Gasteiger partial charge in [0.25, 0.3) is 0 Å². The monoisotopic (exact) mass is 502 g/mol. The summed E-state index contributed by atoms with van der Waals surface area (Å²) in [5.74, 6) is 0.0428. The highest BCUT2D eigenvalue weighted by Gasteiger charge is 2.37. The summed E-state index contributed by atoms with van der Waals surface area (Å²) in [6, 6.07) is 8.99. The van der Waals surface area contributed by atoms with Crippen LogP contribution in [0.25, 0.3) is 0 Å². The van der Waals surface area contributed by atoms with Crippen LogP contribution in [-0.2, 0) is 11.0 Å². The lowest BCUT2D eigenvalue weighted by molar-refractivity contribution is -0.141. The zero-order valence-electron chi connectivity index (χ0n) is 20.4. The Labute approximate surface area is 207 Å². The molecule has 0 saturated carbocycles. The van der Waals surface area contributed by atoms with Crippen molar-refractivity contribution < 1.29 is 22.8 Å². The van der Waals surface area contributed by atoms with Crippen LogP contribution >= 0.6 is 0 Å². The quantitative estimate of drug-likeness (QED) is 0.695. The van der Waals surface area contributed by atoms with Gasteiger partial charge in [0.1, 0.15) is 5.69 Å². The number of carbonyl (C=O) groups is 2. The molecular formula is C25H29F3N6O2. The molecule has 36 heavy (non-hydrogen) atoms. The van der Waals surface area contributed by atoms with Gasteiger partial charge in [-0.3, -0.25) is 14.7 Å². The van der Waals surface area contributed by atoms with Gasteiger partial charge >= 0.3 is 12.2 Å². The lowest BCUT2D eigenvalue weighted by Crippen LogP contribution is -2.54. The number of rotatable bonds is 4. The number of carbonyl (C=O) groups excluding carboxylic acids is 2. The standard InChI is InChI=1S/C25H29F3N6O2/c1-16-4-6-19(7-5-16)23-21(33-12-10-32(11-13-33)18(3)35)15-34(31-23)24(36)30-17(2)20-8-9-22(29-14-20)25(26,27)28/h4-9,14,17,21H,10-13,15H2,1-3H3,(H,30,36)/t17-,21?/m1/s1. The normalized spacial score (nSPS) is 19.7. The molecule has 1 unspecified atom stereocenters. The summed E-state index contributed by atoms with van der Waals surface area (Å²) in [5, 5.41) is 8.82. The number of nitrogens with zero attached hydrogens (tertiary/aromatic N) is 5. The molecule has 3 heterocycles. The second kappa shape index (κ2) is 10.3. The predicted molar refractivity (Wildman–Crippen MR) is 128 cm³/mol. The van der Waals surface area contributed by atoms with E-state index in [1.807, 2.05) is 31.2 Å². The molecule has 1 aromatic heterocycles. The van der Waals surface area contributed by atoms with Gasteiger partial charge in [-0.15, -0.1) is 0 Å². The summed E-state index contributed by atoms with van der Waals surface area (Å²) in [6.45, 7) is 8.11. The van der Waals surface area contributed by atoms with Crippen LogP contribution < -0.4 is 5.32 Å². The van der Waals surface area contributed by atoms with Gasteiger partial charge in [-0.1, -0.05) is 35.9 Å². The smallest absolute Gasteiger partial charge is 0.340 e. The molecule has 0 bridgehead atoms. The molecule has 11 heteroatoms. The summed E-state index contributed by atoms with van der Waals surface area (Å²) in [4.78, 5) is 32.3. The third-order valence-corrected chi connectivity index (χ3v) is 6.59. The van der Waals surface area contributed by atoms with Crippen LogP contribution in [0.1, 0.15) is 42.3 Å². The van der Waals surface area contributed by atoms with E-state index in [9.17, 15) is 22.8 Å². The number of halogens is 3. The van der Waals surface area contributed by atoms with E-state index in [0.717, 1.165) is 29.1 Å². The van der Waals surface area contributed by atoms with Crippen LogP contribution in [0, 0.1) is 6.92 Å². The molecule has 2 aromatic rings. The van der Waals surface area contributed by atoms with Gasteiger partial charge in [-0.05, 0) is 31.0 Å². The van der Waals surface area contributed by atoms with E-state index < -0.39 is 23.9 Å². The first kappa shape index (κ1) is 25.6. The van der Waals surface area contributed by atoms with Gasteiger partial charge in [0.2, 0.25) is 5.91 Å². The van der Waals surface area contributed by atoms with Crippen molar-refractivity contribution in [3.05, 3.63) is 65.0 Å². The van der Waals surface area contributed by atoms with E-state index in [-0.39, 0.29) is 11.9 Å². The van der Waals surface area contributed by atoms with Crippen molar-refractivity contribution in [2.45, 2.75) is 39.0 Å². The van der Waals surface area contributed by atoms with Crippen molar-refractivity contribution in [2.24, 2.45) is 5.10 Å². The number of aryl methyl sites for hydroxylation is 1. The van der Waals surface area contributed by atoms with Crippen molar-refractivity contribution in [1.82, 2.24) is 25.1 Å². The molecular weight excluding hydrogens is 473 g/mol. The fraction of sp³-hybridized carbons (Fsp3) is 0.440. The number of benzene rings is 1. The van der Waals surface area contributed by atoms with E-state index in [4.69, 9.17) is 0 Å². The van der Waals surface area contributed by atoms with Gasteiger partial charge in [0.15, 0.2) is 0 Å². The summed E-state index contributed by atoms with van der Waals surface area (Å²) >= 11 is 0. The minimum atomic E-state index is -4.52. The fourth-order valence-electron chi connectivity index (χ4n) is 4.40. The number of urea groups is 1. The van der Waals surface area contributed by atoms with E-state index in [1.54, 1.807) is 18.7 Å². The van der Waals surface area contributed by atoms with E-state index >= 15 is 0 Å². The first-order valence-electron chi connectivity index (χ1n) is 11.8. The molecule has 2 aliphatic heterocycles. The second-order valence-corrected chi connectivity index (χ2v) is 9.14. The zero-order valence-corrected chi connectivity index (χ0v) is 20.4. The average Bonchev–Trinajstić information content (AvgIpc) is 3.30. The van der Waals surface area contributed by atoms with Crippen molar-refractivity contribution in [2.75, 3.05) is 32.7 Å². The van der Waals surface area contributed by atoms with E-state index in [2.05, 4.69) is 20.3 Å². The van der Waals surface area contributed by atoms with Gasteiger partial charge in [-0.2, -0.15) is 18.3 Å². The van der Waals surface area contributed by atoms with Crippen LogP contribution in [-0.4, -0.2) is 76.2 Å². The number of pyridine rings is 1. The third-order valence-electron chi connectivity index (χ3n) is 6.59. The lowest BCUT2D eigenvalue weighted by atomic mass is 10.0. The number of aromatic nitrogens is 1. The number of alkyl halides is 3. The van der Waals surface area contributed by atoms with Crippen LogP contribution in [0.15, 0.2) is 47.7 Å². The van der Waals surface area contributed by atoms with Gasteiger partial charge < -0.3 is 10.2 Å². The fourth-order valence-corrected chi connectivity index (χ4v) is 4.40. The molecule has 1 aromatic carbocycles. The highest BCUT2D eigenvalue weighted by molar-refractivity contribution is 6.06. The highest BCUT2D eigenvalue weighted by atomic mass is 19.4. The second-order valence-electron chi connectivity index (χ2n) is 9.14. The molecule has 1 N–H and O–H groups in total. The van der Waals surface area contributed by atoms with Crippen LogP contribution in [0.3, 0.4) is 0 Å². The molecule has 3 amide bonds. The Kier molecular flexibility index (Phi) is 7.30. The molecule has 1 fully saturated rings. The number of amides is 3. The van der Waals surface area contributed by atoms with Gasteiger partial charge in [0.05, 0.1) is 24.3 Å². The van der Waals surface area contributed by atoms with Crippen LogP contribution in [0.2, 0.25) is 0 Å². The first-order valence-corrected chi connectivity index (χ1v) is 11.8. The molecule has 4 rings (SSSR count). The average molecular weight is 503 g/mol. The molecule has 8 nitrogen and oxygen atoms in total. The number of hydrogen-bond donors (Lipinski definition) is 1. The van der Waals surface area contributed by atoms with Crippen molar-refractivity contribution in [3.63, 3.8) is 0 Å². The Bertz CT molecular complexity index is 1130. The number of nitrogens with one attached hydrogen (secondary N) is 1.